The van der Waals surface area contributed by atoms with Gasteiger partial charge in [0.15, 0.2) is 0 Å². The van der Waals surface area contributed by atoms with Gasteiger partial charge in [0.05, 0.1) is 5.52 Å². The van der Waals surface area contributed by atoms with Gasteiger partial charge in [-0.2, -0.15) is 4.98 Å². The van der Waals surface area contributed by atoms with Gasteiger partial charge in [-0.3, -0.25) is 0 Å². The van der Waals surface area contributed by atoms with E-state index >= 15 is 0 Å². The van der Waals surface area contributed by atoms with E-state index in [1.54, 1.807) is 0 Å². The number of para-hydroxylation sites is 1. The quantitative estimate of drug-likeness (QED) is 0.883. The lowest BCUT2D eigenvalue weighted by molar-refractivity contribution is 0.571. The summed E-state index contributed by atoms with van der Waals surface area (Å²) in [5, 5.41) is 4.92. The van der Waals surface area contributed by atoms with E-state index in [-0.39, 0.29) is 0 Å². The fraction of sp³-hybridized carbons (Fsp3) is 0.467. The van der Waals surface area contributed by atoms with Gasteiger partial charge in [-0.1, -0.05) is 19.1 Å². The molecule has 1 aliphatic rings. The zero-order valence-electron chi connectivity index (χ0n) is 11.9. The van der Waals surface area contributed by atoms with Crippen molar-refractivity contribution in [1.82, 2.24) is 15.3 Å². The van der Waals surface area contributed by atoms with Crippen LogP contribution in [0, 0.1) is 6.92 Å². The molecule has 2 heterocycles. The van der Waals surface area contributed by atoms with Crippen LogP contribution in [0.1, 0.15) is 18.9 Å². The van der Waals surface area contributed by atoms with Crippen LogP contribution in [0.5, 0.6) is 0 Å². The molecule has 0 saturated carbocycles. The smallest absolute Gasteiger partial charge is 0.224 e. The largest absolute Gasteiger partial charge is 0.354 e. The molecule has 0 bridgehead atoms. The summed E-state index contributed by atoms with van der Waals surface area (Å²) in [6.45, 7) is 7.19. The Kier molecular flexibility index (Phi) is 3.76. The highest BCUT2D eigenvalue weighted by atomic mass is 35.5. The van der Waals surface area contributed by atoms with Gasteiger partial charge in [0, 0.05) is 24.5 Å². The molecule has 1 fully saturated rings. The Morgan fingerprint density at radius 2 is 2.25 bits per heavy atom. The van der Waals surface area contributed by atoms with Crippen molar-refractivity contribution >= 4 is 28.3 Å². The molecule has 0 unspecified atom stereocenters. The van der Waals surface area contributed by atoms with Crippen LogP contribution in [-0.4, -0.2) is 35.6 Å². The van der Waals surface area contributed by atoms with Crippen LogP contribution in [0.25, 0.3) is 10.9 Å². The minimum absolute atomic E-state index is 0.328. The van der Waals surface area contributed by atoms with Crippen molar-refractivity contribution in [3.05, 3.63) is 29.0 Å². The fourth-order valence-corrected chi connectivity index (χ4v) is 3.07. The van der Waals surface area contributed by atoms with Gasteiger partial charge >= 0.3 is 0 Å². The van der Waals surface area contributed by atoms with Crippen LogP contribution in [0.3, 0.4) is 0 Å². The van der Waals surface area contributed by atoms with Crippen LogP contribution in [0.15, 0.2) is 18.2 Å². The summed E-state index contributed by atoms with van der Waals surface area (Å²) >= 11 is 6.11. The highest BCUT2D eigenvalue weighted by Crippen LogP contribution is 2.29. The van der Waals surface area contributed by atoms with Crippen molar-refractivity contribution in [2.24, 2.45) is 0 Å². The summed E-state index contributed by atoms with van der Waals surface area (Å²) in [6, 6.07) is 6.72. The first-order chi connectivity index (χ1) is 9.69. The fourth-order valence-electron chi connectivity index (χ4n) is 2.90. The predicted octanol–water partition coefficient (Wildman–Crippen LogP) is 2.78. The van der Waals surface area contributed by atoms with Crippen LogP contribution >= 0.6 is 11.6 Å². The second-order valence-corrected chi connectivity index (χ2v) is 5.61. The van der Waals surface area contributed by atoms with E-state index < -0.39 is 0 Å². The Morgan fingerprint density at radius 1 is 1.40 bits per heavy atom. The maximum atomic E-state index is 6.11. The normalized spacial score (nSPS) is 18.9. The first-order valence-corrected chi connectivity index (χ1v) is 7.48. The van der Waals surface area contributed by atoms with Gasteiger partial charge in [0.2, 0.25) is 5.28 Å². The van der Waals surface area contributed by atoms with Crippen LogP contribution in [0.2, 0.25) is 5.28 Å². The highest BCUT2D eigenvalue weighted by molar-refractivity contribution is 6.28. The Bertz CT molecular complexity index is 629. The third-order valence-electron chi connectivity index (χ3n) is 3.86. The Hall–Kier alpha value is -1.39. The molecule has 4 nitrogen and oxygen atoms in total. The number of rotatable bonds is 3. The molecule has 0 amide bonds. The molecule has 1 aromatic heterocycles. The lowest BCUT2D eigenvalue weighted by Crippen LogP contribution is -2.32. The van der Waals surface area contributed by atoms with E-state index in [1.807, 2.05) is 0 Å². The van der Waals surface area contributed by atoms with E-state index in [2.05, 4.69) is 52.2 Å². The minimum Gasteiger partial charge on any atom is -0.354 e. The molecule has 1 aromatic carbocycles. The predicted molar refractivity (Wildman–Crippen MR) is 83.6 cm³/mol. The first-order valence-electron chi connectivity index (χ1n) is 7.10. The van der Waals surface area contributed by atoms with Crippen molar-refractivity contribution in [2.75, 3.05) is 24.5 Å². The monoisotopic (exact) mass is 290 g/mol. The number of nitrogens with one attached hydrogen (secondary N) is 1. The lowest BCUT2D eigenvalue weighted by Gasteiger charge is -2.20. The molecule has 1 atom stereocenters. The topological polar surface area (TPSA) is 41.0 Å². The number of benzene rings is 1. The number of likely N-dealkylation sites (N-methyl/N-ethyl adjacent to an activating group) is 1. The zero-order chi connectivity index (χ0) is 14.1. The Morgan fingerprint density at radius 3 is 3.05 bits per heavy atom. The number of anilines is 1. The molecule has 1 aliphatic heterocycles. The van der Waals surface area contributed by atoms with E-state index in [9.17, 15) is 0 Å². The SMILES string of the molecule is CCN[C@H]1CCN(c2nc(Cl)nc3c(C)cccc23)C1. The van der Waals surface area contributed by atoms with Crippen molar-refractivity contribution in [3.8, 4) is 0 Å². The summed E-state index contributed by atoms with van der Waals surface area (Å²) in [6.07, 6.45) is 1.14. The molecule has 0 spiro atoms. The van der Waals surface area contributed by atoms with Crippen molar-refractivity contribution in [3.63, 3.8) is 0 Å². The van der Waals surface area contributed by atoms with Crippen LogP contribution in [0.4, 0.5) is 5.82 Å². The lowest BCUT2D eigenvalue weighted by atomic mass is 10.1. The number of fused-ring (bicyclic) bond motifs is 1. The molecule has 5 heteroatoms. The van der Waals surface area contributed by atoms with Gasteiger partial charge in [0.1, 0.15) is 5.82 Å². The number of aryl methyl sites for hydroxylation is 1. The molecule has 20 heavy (non-hydrogen) atoms. The summed E-state index contributed by atoms with van der Waals surface area (Å²) in [5.74, 6) is 0.962. The first kappa shape index (κ1) is 13.6. The van der Waals surface area contributed by atoms with Gasteiger partial charge < -0.3 is 10.2 Å². The van der Waals surface area contributed by atoms with Crippen molar-refractivity contribution in [2.45, 2.75) is 26.3 Å². The molecular weight excluding hydrogens is 272 g/mol. The summed E-state index contributed by atoms with van der Waals surface area (Å²) in [4.78, 5) is 11.2. The Labute approximate surface area is 124 Å². The molecule has 106 valence electrons. The zero-order valence-corrected chi connectivity index (χ0v) is 12.6. The number of halogens is 1. The second-order valence-electron chi connectivity index (χ2n) is 5.28. The molecule has 1 N–H and O–H groups in total. The highest BCUT2D eigenvalue weighted by Gasteiger charge is 2.24. The molecule has 0 aliphatic carbocycles. The maximum Gasteiger partial charge on any atom is 0.224 e. The average molecular weight is 291 g/mol. The van der Waals surface area contributed by atoms with Gasteiger partial charge in [0.25, 0.3) is 0 Å². The van der Waals surface area contributed by atoms with E-state index in [0.29, 0.717) is 11.3 Å². The number of nitrogens with zero attached hydrogens (tertiary/aromatic N) is 3. The van der Waals surface area contributed by atoms with Gasteiger partial charge in [-0.25, -0.2) is 4.98 Å². The van der Waals surface area contributed by atoms with Crippen molar-refractivity contribution < 1.29 is 0 Å². The summed E-state index contributed by atoms with van der Waals surface area (Å²) < 4.78 is 0. The number of aromatic nitrogens is 2. The second kappa shape index (κ2) is 5.54. The van der Waals surface area contributed by atoms with Crippen LogP contribution in [-0.2, 0) is 0 Å². The summed E-state index contributed by atoms with van der Waals surface area (Å²) in [7, 11) is 0. The van der Waals surface area contributed by atoms with Gasteiger partial charge in [-0.05, 0) is 43.1 Å². The van der Waals surface area contributed by atoms with Crippen molar-refractivity contribution in [1.29, 1.82) is 0 Å². The molecule has 0 radical (unpaired) electrons. The molecular formula is C15H19ClN4. The van der Waals surface area contributed by atoms with E-state index in [1.165, 1.54) is 0 Å². The number of hydrogen-bond acceptors (Lipinski definition) is 4. The number of hydrogen-bond donors (Lipinski definition) is 1. The molecule has 3 rings (SSSR count). The summed E-state index contributed by atoms with van der Waals surface area (Å²) in [5.41, 5.74) is 2.09. The van der Waals surface area contributed by atoms with E-state index in [4.69, 9.17) is 11.6 Å². The maximum absolute atomic E-state index is 6.11. The van der Waals surface area contributed by atoms with Gasteiger partial charge in [-0.15, -0.1) is 0 Å². The minimum atomic E-state index is 0.328. The van der Waals surface area contributed by atoms with Crippen LogP contribution < -0.4 is 10.2 Å². The average Bonchev–Trinajstić information content (AvgIpc) is 2.88. The third kappa shape index (κ3) is 2.45. The molecule has 1 saturated heterocycles. The Balaban J connectivity index is 2.01. The third-order valence-corrected chi connectivity index (χ3v) is 4.03. The standard InChI is InChI=1S/C15H19ClN4/c1-3-17-11-7-8-20(9-11)14-12-6-4-5-10(2)13(12)18-15(16)19-14/h4-6,11,17H,3,7-9H2,1-2H3/t11-/m0/s1. The molecule has 2 aromatic rings. The van der Waals surface area contributed by atoms with E-state index in [0.717, 1.165) is 48.3 Å².